The summed E-state index contributed by atoms with van der Waals surface area (Å²) in [6.45, 7) is 5.12. The molecule has 25 heavy (non-hydrogen) atoms. The van der Waals surface area contributed by atoms with Crippen molar-refractivity contribution in [2.75, 3.05) is 13.6 Å². The lowest BCUT2D eigenvalue weighted by molar-refractivity contribution is 0.0726. The highest BCUT2D eigenvalue weighted by molar-refractivity contribution is 7.89. The van der Waals surface area contributed by atoms with Gasteiger partial charge in [-0.2, -0.15) is 0 Å². The lowest BCUT2D eigenvalue weighted by Gasteiger charge is -2.23. The van der Waals surface area contributed by atoms with E-state index in [9.17, 15) is 17.6 Å². The zero-order valence-corrected chi connectivity index (χ0v) is 14.7. The van der Waals surface area contributed by atoms with Crippen LogP contribution in [0.2, 0.25) is 0 Å². The number of carbonyl (C=O) groups excluding carboxylic acids is 1. The molecule has 1 N–H and O–H groups in total. The van der Waals surface area contributed by atoms with E-state index in [1.165, 1.54) is 23.3 Å². The Labute approximate surface area is 146 Å². The predicted octanol–water partition coefficient (Wildman–Crippen LogP) is 2.72. The van der Waals surface area contributed by atoms with Gasteiger partial charge < -0.3 is 9.32 Å². The number of sulfonamides is 1. The fourth-order valence-corrected chi connectivity index (χ4v) is 3.29. The molecule has 1 unspecified atom stereocenters. The summed E-state index contributed by atoms with van der Waals surface area (Å²) in [5.41, 5.74) is 0.0567. The minimum Gasteiger partial charge on any atom is -0.467 e. The number of amides is 1. The van der Waals surface area contributed by atoms with Crippen molar-refractivity contribution in [1.82, 2.24) is 9.62 Å². The molecule has 1 amide bonds. The summed E-state index contributed by atoms with van der Waals surface area (Å²) in [6, 6.07) is 6.29. The van der Waals surface area contributed by atoms with Crippen LogP contribution in [0.5, 0.6) is 0 Å². The number of benzene rings is 1. The van der Waals surface area contributed by atoms with E-state index >= 15 is 0 Å². The summed E-state index contributed by atoms with van der Waals surface area (Å²) in [7, 11) is -2.53. The van der Waals surface area contributed by atoms with Crippen molar-refractivity contribution in [2.24, 2.45) is 0 Å². The van der Waals surface area contributed by atoms with E-state index < -0.39 is 26.6 Å². The molecule has 0 bridgehead atoms. The van der Waals surface area contributed by atoms with Crippen molar-refractivity contribution in [3.05, 3.63) is 66.4 Å². The SMILES string of the molecule is C=CCNS(=O)(=O)c1cc(C(=O)N(C)C(C)c2ccco2)ccc1F. The number of halogens is 1. The van der Waals surface area contributed by atoms with Crippen LogP contribution in [0, 0.1) is 5.82 Å². The fourth-order valence-electron chi connectivity index (χ4n) is 2.19. The molecule has 8 heteroatoms. The normalized spacial score (nSPS) is 12.6. The molecule has 2 aromatic rings. The molecular formula is C17H19FN2O4S. The van der Waals surface area contributed by atoms with Crippen LogP contribution < -0.4 is 4.72 Å². The van der Waals surface area contributed by atoms with Crippen molar-refractivity contribution in [1.29, 1.82) is 0 Å². The molecule has 0 aliphatic carbocycles. The zero-order chi connectivity index (χ0) is 18.6. The predicted molar refractivity (Wildman–Crippen MR) is 91.0 cm³/mol. The number of hydrogen-bond donors (Lipinski definition) is 1. The van der Waals surface area contributed by atoms with Gasteiger partial charge in [0.05, 0.1) is 12.3 Å². The highest BCUT2D eigenvalue weighted by Gasteiger charge is 2.24. The first-order valence-electron chi connectivity index (χ1n) is 7.48. The molecular weight excluding hydrogens is 347 g/mol. The second-order valence-corrected chi connectivity index (χ2v) is 7.13. The van der Waals surface area contributed by atoms with E-state index in [-0.39, 0.29) is 18.2 Å². The average Bonchev–Trinajstić information content (AvgIpc) is 3.13. The Kier molecular flexibility index (Phi) is 5.76. The smallest absolute Gasteiger partial charge is 0.254 e. The van der Waals surface area contributed by atoms with Crippen molar-refractivity contribution in [3.8, 4) is 0 Å². The van der Waals surface area contributed by atoms with Crippen molar-refractivity contribution >= 4 is 15.9 Å². The molecule has 1 atom stereocenters. The largest absolute Gasteiger partial charge is 0.467 e. The van der Waals surface area contributed by atoms with Crippen molar-refractivity contribution in [3.63, 3.8) is 0 Å². The molecule has 2 rings (SSSR count). The van der Waals surface area contributed by atoms with Gasteiger partial charge in [0.2, 0.25) is 10.0 Å². The second kappa shape index (κ2) is 7.62. The summed E-state index contributed by atoms with van der Waals surface area (Å²) in [4.78, 5) is 13.4. The Balaban J connectivity index is 2.32. The maximum absolute atomic E-state index is 14.0. The van der Waals surface area contributed by atoms with Crippen molar-refractivity contribution in [2.45, 2.75) is 17.9 Å². The van der Waals surface area contributed by atoms with Crippen LogP contribution in [0.15, 0.2) is 58.6 Å². The molecule has 1 aromatic carbocycles. The van der Waals surface area contributed by atoms with Crippen LogP contribution in [-0.4, -0.2) is 32.8 Å². The topological polar surface area (TPSA) is 79.6 Å². The molecule has 0 saturated carbocycles. The number of carbonyl (C=O) groups is 1. The van der Waals surface area contributed by atoms with E-state index in [0.717, 1.165) is 12.1 Å². The van der Waals surface area contributed by atoms with Crippen LogP contribution in [0.3, 0.4) is 0 Å². The molecule has 1 aromatic heterocycles. The van der Waals surface area contributed by atoms with Crippen LogP contribution in [-0.2, 0) is 10.0 Å². The minimum atomic E-state index is -4.08. The zero-order valence-electron chi connectivity index (χ0n) is 13.9. The highest BCUT2D eigenvalue weighted by Crippen LogP contribution is 2.23. The monoisotopic (exact) mass is 366 g/mol. The fraction of sp³-hybridized carbons (Fsp3) is 0.235. The molecule has 0 radical (unpaired) electrons. The first-order chi connectivity index (χ1) is 11.8. The average molecular weight is 366 g/mol. The summed E-state index contributed by atoms with van der Waals surface area (Å²) < 4.78 is 45.7. The number of nitrogens with zero attached hydrogens (tertiary/aromatic N) is 1. The Morgan fingerprint density at radius 2 is 2.16 bits per heavy atom. The summed E-state index contributed by atoms with van der Waals surface area (Å²) in [5, 5.41) is 0. The highest BCUT2D eigenvalue weighted by atomic mass is 32.2. The number of hydrogen-bond acceptors (Lipinski definition) is 4. The van der Waals surface area contributed by atoms with Crippen LogP contribution in [0.4, 0.5) is 4.39 Å². The summed E-state index contributed by atoms with van der Waals surface area (Å²) in [5.74, 6) is -0.808. The van der Waals surface area contributed by atoms with Crippen LogP contribution >= 0.6 is 0 Å². The van der Waals surface area contributed by atoms with Gasteiger partial charge >= 0.3 is 0 Å². The van der Waals surface area contributed by atoms with Gasteiger partial charge in [0, 0.05) is 19.2 Å². The van der Waals surface area contributed by atoms with E-state index in [4.69, 9.17) is 4.42 Å². The third-order valence-electron chi connectivity index (χ3n) is 3.74. The Morgan fingerprint density at radius 3 is 2.76 bits per heavy atom. The standard InChI is InChI=1S/C17H19FN2O4S/c1-4-9-19-25(22,23)16-11-13(7-8-14(16)18)17(21)20(3)12(2)15-6-5-10-24-15/h4-8,10-12,19H,1,9H2,2-3H3. The number of furan rings is 1. The van der Waals surface area contributed by atoms with Crippen LogP contribution in [0.1, 0.15) is 29.1 Å². The Bertz CT molecular complexity index is 863. The Hall–Kier alpha value is -2.45. The van der Waals surface area contributed by atoms with Gasteiger partial charge in [-0.25, -0.2) is 17.5 Å². The van der Waals surface area contributed by atoms with Gasteiger partial charge in [0.15, 0.2) is 0 Å². The van der Waals surface area contributed by atoms with Gasteiger partial charge in [-0.05, 0) is 37.3 Å². The quantitative estimate of drug-likeness (QED) is 0.764. The van der Waals surface area contributed by atoms with Gasteiger partial charge in [-0.15, -0.1) is 6.58 Å². The van der Waals surface area contributed by atoms with Gasteiger partial charge in [-0.1, -0.05) is 6.08 Å². The third kappa shape index (κ3) is 4.15. The lowest BCUT2D eigenvalue weighted by Crippen LogP contribution is -2.30. The molecule has 0 aliphatic heterocycles. The Morgan fingerprint density at radius 1 is 1.44 bits per heavy atom. The second-order valence-electron chi connectivity index (χ2n) is 5.39. The minimum absolute atomic E-state index is 0.0463. The van der Waals surface area contributed by atoms with E-state index in [1.807, 2.05) is 0 Å². The van der Waals surface area contributed by atoms with Gasteiger partial charge in [0.25, 0.3) is 5.91 Å². The maximum atomic E-state index is 14.0. The summed E-state index contributed by atoms with van der Waals surface area (Å²) >= 11 is 0. The van der Waals surface area contributed by atoms with E-state index in [0.29, 0.717) is 5.76 Å². The summed E-state index contributed by atoms with van der Waals surface area (Å²) in [6.07, 6.45) is 2.83. The molecule has 0 fully saturated rings. The number of rotatable bonds is 7. The molecule has 134 valence electrons. The van der Waals surface area contributed by atoms with E-state index in [2.05, 4.69) is 11.3 Å². The number of nitrogens with one attached hydrogen (secondary N) is 1. The molecule has 0 saturated heterocycles. The van der Waals surface area contributed by atoms with E-state index in [1.54, 1.807) is 26.1 Å². The molecule has 6 nitrogen and oxygen atoms in total. The maximum Gasteiger partial charge on any atom is 0.254 e. The molecule has 0 spiro atoms. The molecule has 1 heterocycles. The van der Waals surface area contributed by atoms with Gasteiger partial charge in [0.1, 0.15) is 16.5 Å². The van der Waals surface area contributed by atoms with Crippen molar-refractivity contribution < 1.29 is 22.0 Å². The first kappa shape index (κ1) is 18.9. The third-order valence-corrected chi connectivity index (χ3v) is 5.18. The van der Waals surface area contributed by atoms with Gasteiger partial charge in [-0.3, -0.25) is 4.79 Å². The molecule has 0 aliphatic rings. The van der Waals surface area contributed by atoms with Crippen LogP contribution in [0.25, 0.3) is 0 Å². The first-order valence-corrected chi connectivity index (χ1v) is 8.97. The lowest BCUT2D eigenvalue weighted by atomic mass is 10.1.